The third-order valence-corrected chi connectivity index (χ3v) is 2.17. The molecule has 1 aromatic rings. The Bertz CT molecular complexity index is 606. The second-order valence-corrected chi connectivity index (χ2v) is 5.37. The molecule has 2 N–H and O–H groups in total. The molecule has 112 valence electrons. The van der Waals surface area contributed by atoms with E-state index in [1.54, 1.807) is 33.8 Å². The van der Waals surface area contributed by atoms with Crippen molar-refractivity contribution in [1.29, 1.82) is 0 Å². The lowest BCUT2D eigenvalue weighted by molar-refractivity contribution is 0.0534. The zero-order valence-corrected chi connectivity index (χ0v) is 12.5. The molecule has 0 atom stereocenters. The Labute approximate surface area is 123 Å². The molecule has 1 aromatic heterocycles. The third-order valence-electron chi connectivity index (χ3n) is 2.17. The molecule has 6 nitrogen and oxygen atoms in total. The average Bonchev–Trinajstić information content (AvgIpc) is 2.32. The van der Waals surface area contributed by atoms with Crippen LogP contribution >= 0.6 is 0 Å². The van der Waals surface area contributed by atoms with Crippen molar-refractivity contribution in [3.8, 4) is 11.8 Å². The fourth-order valence-electron chi connectivity index (χ4n) is 1.40. The molecule has 0 saturated carbocycles. The Morgan fingerprint density at radius 2 is 2.10 bits per heavy atom. The first kappa shape index (κ1) is 16.5. The second-order valence-electron chi connectivity index (χ2n) is 5.37. The van der Waals surface area contributed by atoms with E-state index >= 15 is 0 Å². The standard InChI is InChI=1S/C15H18N2O4/c1-10-8-11(12(13(18)19)17-9-10)6-5-7-16-14(20)21-15(2,3)4/h8-9H,7H2,1-4H3,(H,16,20)(H,18,19). The highest BCUT2D eigenvalue weighted by atomic mass is 16.6. The number of ether oxygens (including phenoxy) is 1. The maximum Gasteiger partial charge on any atom is 0.408 e. The molecule has 0 aliphatic heterocycles. The van der Waals surface area contributed by atoms with Crippen LogP contribution in [0.4, 0.5) is 4.79 Å². The highest BCUT2D eigenvalue weighted by Gasteiger charge is 2.15. The number of rotatable bonds is 2. The van der Waals surface area contributed by atoms with Gasteiger partial charge in [0, 0.05) is 6.20 Å². The van der Waals surface area contributed by atoms with Crippen LogP contribution < -0.4 is 5.32 Å². The summed E-state index contributed by atoms with van der Waals surface area (Å²) in [5, 5.41) is 11.5. The van der Waals surface area contributed by atoms with Gasteiger partial charge in [-0.1, -0.05) is 11.8 Å². The van der Waals surface area contributed by atoms with Crippen LogP contribution in [0.25, 0.3) is 0 Å². The third kappa shape index (κ3) is 5.95. The molecule has 0 aliphatic rings. The van der Waals surface area contributed by atoms with Crippen molar-refractivity contribution in [2.75, 3.05) is 6.54 Å². The number of carbonyl (C=O) groups is 2. The summed E-state index contributed by atoms with van der Waals surface area (Å²) in [6.45, 7) is 7.13. The van der Waals surface area contributed by atoms with Crippen molar-refractivity contribution in [2.24, 2.45) is 0 Å². The van der Waals surface area contributed by atoms with Gasteiger partial charge in [0.05, 0.1) is 12.1 Å². The number of aromatic nitrogens is 1. The Morgan fingerprint density at radius 3 is 2.67 bits per heavy atom. The predicted molar refractivity (Wildman–Crippen MR) is 77.0 cm³/mol. The van der Waals surface area contributed by atoms with E-state index in [2.05, 4.69) is 22.1 Å². The minimum atomic E-state index is -1.14. The molecule has 6 heteroatoms. The Balaban J connectivity index is 2.69. The summed E-state index contributed by atoms with van der Waals surface area (Å²) in [6.07, 6.45) is 0.894. The van der Waals surface area contributed by atoms with Crippen molar-refractivity contribution in [3.05, 3.63) is 29.1 Å². The van der Waals surface area contributed by atoms with Gasteiger partial charge in [-0.2, -0.15) is 0 Å². The molecule has 1 heterocycles. The number of alkyl carbamates (subject to hydrolysis) is 1. The lowest BCUT2D eigenvalue weighted by atomic mass is 10.1. The predicted octanol–water partition coefficient (Wildman–Crippen LogP) is 1.96. The van der Waals surface area contributed by atoms with Crippen LogP contribution in [0.15, 0.2) is 12.3 Å². The summed E-state index contributed by atoms with van der Waals surface area (Å²) < 4.78 is 5.05. The molecule has 0 aromatic carbocycles. The molecule has 0 radical (unpaired) electrons. The Kier molecular flexibility index (Phi) is 5.30. The molecule has 1 rings (SSSR count). The number of hydrogen-bond donors (Lipinski definition) is 2. The quantitative estimate of drug-likeness (QED) is 0.813. The van der Waals surface area contributed by atoms with Gasteiger partial charge < -0.3 is 15.2 Å². The maximum absolute atomic E-state index is 11.4. The first-order valence-corrected chi connectivity index (χ1v) is 6.35. The number of hydrogen-bond acceptors (Lipinski definition) is 4. The Hall–Kier alpha value is -2.55. The number of aryl methyl sites for hydroxylation is 1. The lowest BCUT2D eigenvalue weighted by Crippen LogP contribution is -2.32. The zero-order chi connectivity index (χ0) is 16.0. The van der Waals surface area contributed by atoms with Crippen molar-refractivity contribution >= 4 is 12.1 Å². The van der Waals surface area contributed by atoms with E-state index in [1.165, 1.54) is 6.20 Å². The van der Waals surface area contributed by atoms with E-state index in [1.807, 2.05) is 0 Å². The average molecular weight is 290 g/mol. The Morgan fingerprint density at radius 1 is 1.43 bits per heavy atom. The largest absolute Gasteiger partial charge is 0.476 e. The van der Waals surface area contributed by atoms with Crippen LogP contribution in [0.3, 0.4) is 0 Å². The minimum absolute atomic E-state index is 0.0575. The van der Waals surface area contributed by atoms with Crippen LogP contribution in [-0.2, 0) is 4.74 Å². The van der Waals surface area contributed by atoms with Crippen molar-refractivity contribution < 1.29 is 19.4 Å². The van der Waals surface area contributed by atoms with Crippen molar-refractivity contribution in [3.63, 3.8) is 0 Å². The number of nitrogens with zero attached hydrogens (tertiary/aromatic N) is 1. The highest BCUT2D eigenvalue weighted by molar-refractivity contribution is 5.88. The monoisotopic (exact) mass is 290 g/mol. The zero-order valence-electron chi connectivity index (χ0n) is 12.5. The number of pyridine rings is 1. The van der Waals surface area contributed by atoms with Gasteiger partial charge in [0.15, 0.2) is 5.69 Å². The second kappa shape index (κ2) is 6.75. The van der Waals surface area contributed by atoms with Crippen molar-refractivity contribution in [2.45, 2.75) is 33.3 Å². The van der Waals surface area contributed by atoms with E-state index in [-0.39, 0.29) is 12.2 Å². The van der Waals surface area contributed by atoms with Gasteiger partial charge in [0.1, 0.15) is 5.60 Å². The van der Waals surface area contributed by atoms with Crippen LogP contribution in [0, 0.1) is 18.8 Å². The molecule has 0 unspecified atom stereocenters. The maximum atomic E-state index is 11.4. The number of carboxylic acid groups (broad SMARTS) is 1. The SMILES string of the molecule is Cc1cnc(C(=O)O)c(C#CCNC(=O)OC(C)(C)C)c1. The minimum Gasteiger partial charge on any atom is -0.476 e. The highest BCUT2D eigenvalue weighted by Crippen LogP contribution is 2.07. The van der Waals surface area contributed by atoms with Gasteiger partial charge in [-0.3, -0.25) is 0 Å². The summed E-state index contributed by atoms with van der Waals surface area (Å²) >= 11 is 0. The summed E-state index contributed by atoms with van der Waals surface area (Å²) in [7, 11) is 0. The van der Waals surface area contributed by atoms with E-state index in [0.717, 1.165) is 5.56 Å². The fraction of sp³-hybridized carbons (Fsp3) is 0.400. The van der Waals surface area contributed by atoms with Gasteiger partial charge in [0.25, 0.3) is 0 Å². The van der Waals surface area contributed by atoms with Crippen LogP contribution in [0.2, 0.25) is 0 Å². The first-order chi connectivity index (χ1) is 9.69. The molecule has 0 spiro atoms. The van der Waals surface area contributed by atoms with Gasteiger partial charge in [-0.05, 0) is 39.3 Å². The normalized spacial score (nSPS) is 10.3. The topological polar surface area (TPSA) is 88.5 Å². The first-order valence-electron chi connectivity index (χ1n) is 6.35. The molecular weight excluding hydrogens is 272 g/mol. The molecule has 21 heavy (non-hydrogen) atoms. The van der Waals surface area contributed by atoms with Gasteiger partial charge in [-0.15, -0.1) is 0 Å². The van der Waals surface area contributed by atoms with Gasteiger partial charge >= 0.3 is 12.1 Å². The smallest absolute Gasteiger partial charge is 0.408 e. The van der Waals surface area contributed by atoms with Crippen molar-refractivity contribution in [1.82, 2.24) is 10.3 Å². The van der Waals surface area contributed by atoms with E-state index in [4.69, 9.17) is 9.84 Å². The van der Waals surface area contributed by atoms with Crippen LogP contribution in [-0.4, -0.2) is 34.3 Å². The summed E-state index contributed by atoms with van der Waals surface area (Å²) in [5.41, 5.74) is 0.442. The summed E-state index contributed by atoms with van der Waals surface area (Å²) in [6, 6.07) is 1.64. The number of carbonyl (C=O) groups excluding carboxylic acids is 1. The molecule has 0 saturated heterocycles. The summed E-state index contributed by atoms with van der Waals surface area (Å²) in [5.74, 6) is 4.23. The molecular formula is C15H18N2O4. The van der Waals surface area contributed by atoms with Gasteiger partial charge in [0.2, 0.25) is 0 Å². The number of nitrogens with one attached hydrogen (secondary N) is 1. The number of amides is 1. The molecule has 1 amide bonds. The van der Waals surface area contributed by atoms with E-state index in [9.17, 15) is 9.59 Å². The molecule has 0 aliphatic carbocycles. The van der Waals surface area contributed by atoms with Gasteiger partial charge in [-0.25, -0.2) is 14.6 Å². The van der Waals surface area contributed by atoms with Crippen LogP contribution in [0.1, 0.15) is 42.4 Å². The molecule has 0 bridgehead atoms. The van der Waals surface area contributed by atoms with E-state index < -0.39 is 17.7 Å². The van der Waals surface area contributed by atoms with E-state index in [0.29, 0.717) is 5.56 Å². The number of carboxylic acids is 1. The number of aromatic carboxylic acids is 1. The van der Waals surface area contributed by atoms with Crippen LogP contribution in [0.5, 0.6) is 0 Å². The fourth-order valence-corrected chi connectivity index (χ4v) is 1.40. The summed E-state index contributed by atoms with van der Waals surface area (Å²) in [4.78, 5) is 26.2. The molecule has 0 fully saturated rings. The lowest BCUT2D eigenvalue weighted by Gasteiger charge is -2.19.